The van der Waals surface area contributed by atoms with Crippen LogP contribution < -0.4 is 11.1 Å². The zero-order valence-electron chi connectivity index (χ0n) is 22.1. The van der Waals surface area contributed by atoms with Crippen LogP contribution in [0.4, 0.5) is 14.5 Å². The summed E-state index contributed by atoms with van der Waals surface area (Å²) >= 11 is 0. The molecule has 10 heteroatoms. The van der Waals surface area contributed by atoms with Crippen molar-refractivity contribution in [2.75, 3.05) is 39.0 Å². The molecule has 0 aliphatic carbocycles. The van der Waals surface area contributed by atoms with Gasteiger partial charge in [0.05, 0.1) is 17.4 Å². The van der Waals surface area contributed by atoms with Crippen LogP contribution in [-0.2, 0) is 6.54 Å². The number of nitrogens with zero attached hydrogens (tertiary/aromatic N) is 4. The van der Waals surface area contributed by atoms with Crippen LogP contribution in [0.25, 0.3) is 16.5 Å². The molecule has 0 bridgehead atoms. The number of hydrogen-bond acceptors (Lipinski definition) is 6. The molecule has 3 aromatic rings. The third kappa shape index (κ3) is 6.81. The van der Waals surface area contributed by atoms with E-state index in [2.05, 4.69) is 20.5 Å². The summed E-state index contributed by atoms with van der Waals surface area (Å²) < 4.78 is 27.1. The highest BCUT2D eigenvalue weighted by atomic mass is 19.3. The van der Waals surface area contributed by atoms with E-state index in [-0.39, 0.29) is 18.7 Å². The summed E-state index contributed by atoms with van der Waals surface area (Å²) in [5.41, 5.74) is 11.4. The smallest absolute Gasteiger partial charge is 0.276 e. The van der Waals surface area contributed by atoms with Crippen molar-refractivity contribution in [1.29, 1.82) is 0 Å². The summed E-state index contributed by atoms with van der Waals surface area (Å²) in [4.78, 5) is 21.4. The lowest BCUT2D eigenvalue weighted by Crippen LogP contribution is -2.40. The molecule has 3 heterocycles. The van der Waals surface area contributed by atoms with Crippen molar-refractivity contribution < 1.29 is 13.6 Å². The van der Waals surface area contributed by atoms with Crippen LogP contribution in [0.15, 0.2) is 54.5 Å². The Hall–Kier alpha value is -3.63. The second-order valence-corrected chi connectivity index (χ2v) is 10.0. The van der Waals surface area contributed by atoms with Crippen molar-refractivity contribution in [2.45, 2.75) is 38.7 Å². The highest BCUT2D eigenvalue weighted by molar-refractivity contribution is 6.11. The Morgan fingerprint density at radius 3 is 2.68 bits per heavy atom. The molecule has 1 amide bonds. The average molecular weight is 524 g/mol. The van der Waals surface area contributed by atoms with E-state index in [0.717, 1.165) is 34.2 Å². The fourth-order valence-electron chi connectivity index (χ4n) is 4.64. The normalized spacial score (nSPS) is 16.8. The van der Waals surface area contributed by atoms with Gasteiger partial charge >= 0.3 is 0 Å². The molecule has 1 aromatic carbocycles. The molecule has 0 spiro atoms. The fraction of sp³-hybridized carbons (Fsp3) is 0.393. The summed E-state index contributed by atoms with van der Waals surface area (Å²) in [5.74, 6) is -2.91. The number of rotatable bonds is 9. The van der Waals surface area contributed by atoms with Crippen molar-refractivity contribution in [3.63, 3.8) is 0 Å². The van der Waals surface area contributed by atoms with E-state index in [1.165, 1.54) is 6.20 Å². The standard InChI is InChI=1S/C28H35F2N7O/c1-4-21(11-19(14-31)18-37-9-7-28(29,30)8-10-37)22-5-6-25-24(13-22)26(35-34-25)27(38)33-23-12-20(15-32-16-23)17-36(2)3/h5-6,11-16H,4,7-10,17-18,31H2,1-3H3,(H,33,38)(H,34,35)/b19-14+,21-11+. The Labute approximate surface area is 221 Å². The summed E-state index contributed by atoms with van der Waals surface area (Å²) in [5, 5.41) is 10.8. The van der Waals surface area contributed by atoms with E-state index in [9.17, 15) is 13.6 Å². The van der Waals surface area contributed by atoms with Gasteiger partial charge in [0.15, 0.2) is 5.69 Å². The predicted molar refractivity (Wildman–Crippen MR) is 147 cm³/mol. The molecule has 2 aromatic heterocycles. The van der Waals surface area contributed by atoms with E-state index in [1.807, 2.05) is 61.2 Å². The number of alkyl halides is 2. The predicted octanol–water partition coefficient (Wildman–Crippen LogP) is 4.64. The molecule has 38 heavy (non-hydrogen) atoms. The molecule has 0 saturated carbocycles. The number of fused-ring (bicyclic) bond motifs is 1. The van der Waals surface area contributed by atoms with Crippen LogP contribution in [0.3, 0.4) is 0 Å². The molecule has 1 saturated heterocycles. The van der Waals surface area contributed by atoms with Crippen LogP contribution in [0.5, 0.6) is 0 Å². The summed E-state index contributed by atoms with van der Waals surface area (Å²) in [7, 11) is 3.94. The molecule has 0 unspecified atom stereocenters. The SMILES string of the molecule is CC/C(=C\C(=C/N)CN1CCC(F)(F)CC1)c1ccc2[nH]nc(C(=O)Nc3cncc(CN(C)C)c3)c2c1. The molecule has 0 atom stereocenters. The van der Waals surface area contributed by atoms with E-state index in [4.69, 9.17) is 5.73 Å². The number of allylic oxidation sites excluding steroid dienone is 1. The highest BCUT2D eigenvalue weighted by Crippen LogP contribution is 2.29. The Kier molecular flexibility index (Phi) is 8.53. The van der Waals surface area contributed by atoms with E-state index >= 15 is 0 Å². The first-order valence-electron chi connectivity index (χ1n) is 12.8. The number of carbonyl (C=O) groups is 1. The Morgan fingerprint density at radius 1 is 1.24 bits per heavy atom. The van der Waals surface area contributed by atoms with Crippen molar-refractivity contribution in [1.82, 2.24) is 25.0 Å². The first kappa shape index (κ1) is 27.4. The van der Waals surface area contributed by atoms with Crippen LogP contribution >= 0.6 is 0 Å². The first-order valence-corrected chi connectivity index (χ1v) is 12.8. The number of nitrogens with one attached hydrogen (secondary N) is 2. The molecule has 4 rings (SSSR count). The van der Waals surface area contributed by atoms with Gasteiger partial charge in [-0.05, 0) is 67.2 Å². The monoisotopic (exact) mass is 523 g/mol. The van der Waals surface area contributed by atoms with Crippen LogP contribution in [0.1, 0.15) is 47.8 Å². The van der Waals surface area contributed by atoms with Crippen molar-refractivity contribution in [3.8, 4) is 0 Å². The number of likely N-dealkylation sites (tertiary alicyclic amines) is 1. The molecule has 1 aliphatic rings. The summed E-state index contributed by atoms with van der Waals surface area (Å²) in [6, 6.07) is 7.71. The van der Waals surface area contributed by atoms with Gasteiger partial charge in [-0.2, -0.15) is 5.10 Å². The zero-order valence-corrected chi connectivity index (χ0v) is 22.1. The average Bonchev–Trinajstić information content (AvgIpc) is 3.31. The molecule has 8 nitrogen and oxygen atoms in total. The lowest BCUT2D eigenvalue weighted by molar-refractivity contribution is -0.0533. The van der Waals surface area contributed by atoms with Gasteiger partial charge < -0.3 is 16.0 Å². The number of aromatic nitrogens is 3. The highest BCUT2D eigenvalue weighted by Gasteiger charge is 2.33. The maximum absolute atomic E-state index is 13.5. The third-order valence-electron chi connectivity index (χ3n) is 6.65. The van der Waals surface area contributed by atoms with Crippen LogP contribution in [-0.4, -0.2) is 70.5 Å². The van der Waals surface area contributed by atoms with E-state index in [1.54, 1.807) is 12.4 Å². The summed E-state index contributed by atoms with van der Waals surface area (Å²) in [6.07, 6.45) is 7.39. The minimum absolute atomic E-state index is 0.132. The van der Waals surface area contributed by atoms with Gasteiger partial charge in [0.1, 0.15) is 0 Å². The number of carbonyl (C=O) groups excluding carboxylic acids is 1. The van der Waals surface area contributed by atoms with Crippen molar-refractivity contribution in [3.05, 3.63) is 71.3 Å². The molecule has 1 fully saturated rings. The van der Waals surface area contributed by atoms with Gasteiger partial charge in [-0.1, -0.05) is 19.1 Å². The van der Waals surface area contributed by atoms with Gasteiger partial charge in [0.2, 0.25) is 0 Å². The van der Waals surface area contributed by atoms with Gasteiger partial charge in [0, 0.05) is 50.6 Å². The minimum atomic E-state index is -2.58. The van der Waals surface area contributed by atoms with Crippen molar-refractivity contribution >= 4 is 28.1 Å². The number of benzene rings is 1. The third-order valence-corrected chi connectivity index (χ3v) is 6.65. The summed E-state index contributed by atoms with van der Waals surface area (Å²) in [6.45, 7) is 3.95. The van der Waals surface area contributed by atoms with Crippen molar-refractivity contribution in [2.24, 2.45) is 5.73 Å². The second-order valence-electron chi connectivity index (χ2n) is 10.0. The zero-order chi connectivity index (χ0) is 27.3. The molecule has 1 aliphatic heterocycles. The number of amides is 1. The molecule has 202 valence electrons. The molecule has 4 N–H and O–H groups in total. The van der Waals surface area contributed by atoms with Gasteiger partial charge in [-0.25, -0.2) is 8.78 Å². The molecular formula is C28H35F2N7O. The lowest BCUT2D eigenvalue weighted by Gasteiger charge is -2.31. The first-order chi connectivity index (χ1) is 18.2. The van der Waals surface area contributed by atoms with Gasteiger partial charge in [-0.3, -0.25) is 19.8 Å². The number of piperidine rings is 1. The number of halogens is 2. The van der Waals surface area contributed by atoms with Gasteiger partial charge in [-0.15, -0.1) is 0 Å². The van der Waals surface area contributed by atoms with E-state index < -0.39 is 5.92 Å². The number of aromatic amines is 1. The number of anilines is 1. The maximum atomic E-state index is 13.5. The largest absolute Gasteiger partial charge is 0.404 e. The maximum Gasteiger partial charge on any atom is 0.276 e. The topological polar surface area (TPSA) is 103 Å². The number of H-pyrrole nitrogens is 1. The molecule has 0 radical (unpaired) electrons. The Balaban J connectivity index is 1.53. The second kappa shape index (κ2) is 11.8. The Bertz CT molecular complexity index is 1340. The van der Waals surface area contributed by atoms with E-state index in [0.29, 0.717) is 42.9 Å². The quantitative estimate of drug-likeness (QED) is 0.353. The number of pyridine rings is 1. The number of hydrogen-bond donors (Lipinski definition) is 3. The van der Waals surface area contributed by atoms with Crippen LogP contribution in [0, 0.1) is 0 Å². The van der Waals surface area contributed by atoms with Crippen LogP contribution in [0.2, 0.25) is 0 Å². The number of nitrogens with two attached hydrogens (primary N) is 1. The Morgan fingerprint density at radius 2 is 2.00 bits per heavy atom. The molecular weight excluding hydrogens is 488 g/mol. The lowest BCUT2D eigenvalue weighted by atomic mass is 9.98. The van der Waals surface area contributed by atoms with Gasteiger partial charge in [0.25, 0.3) is 11.8 Å². The fourth-order valence-corrected chi connectivity index (χ4v) is 4.64. The minimum Gasteiger partial charge on any atom is -0.404 e.